The summed E-state index contributed by atoms with van der Waals surface area (Å²) in [5, 5.41) is 15.9. The molecule has 0 spiro atoms. The lowest BCUT2D eigenvalue weighted by Crippen LogP contribution is -2.49. The topological polar surface area (TPSA) is 121 Å². The first-order valence-electron chi connectivity index (χ1n) is 15.7. The number of nitrogens with one attached hydrogen (secondary N) is 3. The Labute approximate surface area is 286 Å². The lowest BCUT2D eigenvalue weighted by molar-refractivity contribution is -0.117. The molecule has 3 aromatic heterocycles. The zero-order chi connectivity index (χ0) is 34.7. The van der Waals surface area contributed by atoms with E-state index in [0.717, 1.165) is 36.2 Å². The smallest absolute Gasteiger partial charge is 0.251 e. The Hall–Kier alpha value is -4.98. The zero-order valence-corrected chi connectivity index (χ0v) is 28.1. The molecule has 13 heteroatoms. The number of benzene rings is 2. The van der Waals surface area contributed by atoms with E-state index in [-0.39, 0.29) is 36.3 Å². The summed E-state index contributed by atoms with van der Waals surface area (Å²) >= 11 is 1.37. The average molecular weight is 687 g/mol. The molecule has 6 rings (SSSR count). The van der Waals surface area contributed by atoms with Crippen molar-refractivity contribution in [3.05, 3.63) is 89.5 Å². The normalized spacial score (nSPS) is 14.0. The van der Waals surface area contributed by atoms with Crippen LogP contribution in [0, 0.1) is 17.6 Å². The van der Waals surface area contributed by atoms with Crippen LogP contribution in [-0.4, -0.2) is 78.9 Å². The number of aromatic nitrogens is 3. The van der Waals surface area contributed by atoms with Gasteiger partial charge in [0.05, 0.1) is 29.6 Å². The minimum absolute atomic E-state index is 0.00802. The van der Waals surface area contributed by atoms with Crippen molar-refractivity contribution in [2.24, 2.45) is 5.92 Å². The maximum absolute atomic E-state index is 16.0. The molecule has 1 fully saturated rings. The molecule has 1 aliphatic heterocycles. The quantitative estimate of drug-likeness (QED) is 0.103. The van der Waals surface area contributed by atoms with Gasteiger partial charge in [-0.1, -0.05) is 18.7 Å². The number of likely N-dealkylation sites (tertiary alicyclic amines) is 1. The summed E-state index contributed by atoms with van der Waals surface area (Å²) < 4.78 is 42.2. The van der Waals surface area contributed by atoms with E-state index in [9.17, 15) is 14.0 Å². The molecule has 2 aromatic carbocycles. The van der Waals surface area contributed by atoms with E-state index >= 15 is 4.39 Å². The largest absolute Gasteiger partial charge is 0.490 e. The Bertz CT molecular complexity index is 2000. The van der Waals surface area contributed by atoms with Gasteiger partial charge in [0.1, 0.15) is 35.4 Å². The molecule has 2 amide bonds. The van der Waals surface area contributed by atoms with E-state index in [1.54, 1.807) is 25.1 Å². The molecular weight excluding hydrogens is 650 g/mol. The third kappa shape index (κ3) is 7.24. The lowest BCUT2D eigenvalue weighted by Gasteiger charge is -2.36. The van der Waals surface area contributed by atoms with E-state index in [2.05, 4.69) is 39.4 Å². The molecule has 1 saturated heterocycles. The second kappa shape index (κ2) is 14.6. The maximum atomic E-state index is 16.0. The molecule has 0 bridgehead atoms. The number of carbonyl (C=O) groups excluding carboxylic acids is 2. The molecule has 3 N–H and O–H groups in total. The number of rotatable bonds is 13. The minimum atomic E-state index is -0.829. The monoisotopic (exact) mass is 686 g/mol. The van der Waals surface area contributed by atoms with Crippen LogP contribution in [0.25, 0.3) is 43.9 Å². The van der Waals surface area contributed by atoms with Gasteiger partial charge in [-0.15, -0.1) is 11.3 Å². The number of amides is 2. The van der Waals surface area contributed by atoms with Crippen molar-refractivity contribution in [1.29, 1.82) is 0 Å². The minimum Gasteiger partial charge on any atom is -0.490 e. The van der Waals surface area contributed by atoms with Gasteiger partial charge in [0.2, 0.25) is 5.91 Å². The van der Waals surface area contributed by atoms with Crippen LogP contribution in [0.4, 0.5) is 8.78 Å². The molecule has 254 valence electrons. The number of ether oxygens (including phenoxy) is 2. The third-order valence-corrected chi connectivity index (χ3v) is 9.32. The van der Waals surface area contributed by atoms with Gasteiger partial charge in [-0.3, -0.25) is 14.7 Å². The van der Waals surface area contributed by atoms with E-state index in [4.69, 9.17) is 14.5 Å². The lowest BCUT2D eigenvalue weighted by atomic mass is 9.96. The highest BCUT2D eigenvalue weighted by atomic mass is 32.1. The van der Waals surface area contributed by atoms with Crippen molar-refractivity contribution in [2.45, 2.75) is 13.0 Å². The summed E-state index contributed by atoms with van der Waals surface area (Å²) in [5.41, 5.74) is 3.49. The van der Waals surface area contributed by atoms with Crippen molar-refractivity contribution in [3.63, 3.8) is 0 Å². The van der Waals surface area contributed by atoms with E-state index in [1.807, 2.05) is 23.6 Å². The van der Waals surface area contributed by atoms with Crippen LogP contribution in [0.2, 0.25) is 0 Å². The number of hydrogen-bond acceptors (Lipinski definition) is 8. The fraction of sp³-hybridized carbons (Fsp3) is 0.278. The Morgan fingerprint density at radius 3 is 2.61 bits per heavy atom. The first-order valence-corrected chi connectivity index (χ1v) is 16.6. The van der Waals surface area contributed by atoms with Crippen LogP contribution in [0.1, 0.15) is 29.0 Å². The van der Waals surface area contributed by atoms with Crippen molar-refractivity contribution >= 4 is 33.2 Å². The molecule has 10 nitrogen and oxygen atoms in total. The summed E-state index contributed by atoms with van der Waals surface area (Å²) in [6, 6.07) is 12.3. The number of aromatic amines is 1. The van der Waals surface area contributed by atoms with Crippen LogP contribution in [0.15, 0.2) is 66.6 Å². The highest BCUT2D eigenvalue weighted by molar-refractivity contribution is 7.18. The molecule has 0 aliphatic carbocycles. The van der Waals surface area contributed by atoms with E-state index < -0.39 is 17.7 Å². The number of H-pyrrole nitrogens is 1. The Morgan fingerprint density at radius 1 is 1.12 bits per heavy atom. The molecule has 1 atom stereocenters. The predicted molar refractivity (Wildman–Crippen MR) is 185 cm³/mol. The standard InChI is InChI=1S/C36H36F2N6O4S/c1-5-30(45)40-20(2)27-16-28(43-42-27)34-32(31-26(38)14-24(37)15-29(31)48-12-11-47-4)35-25(10-13-49-35)33(41-34)22-6-8-23(9-7-22)36(46)39-17-21-18-44(3)19-21/h5-10,13-16,20-21H,1,11-12,17-19H2,2-4H3,(H,39,46)(H,40,45)(H,42,43). The molecule has 5 aromatic rings. The summed E-state index contributed by atoms with van der Waals surface area (Å²) in [5.74, 6) is -1.69. The second-order valence-electron chi connectivity index (χ2n) is 12.0. The van der Waals surface area contributed by atoms with Crippen LogP contribution in [0.5, 0.6) is 5.75 Å². The molecule has 1 aliphatic rings. The Kier molecular flexibility index (Phi) is 10.1. The first-order chi connectivity index (χ1) is 23.7. The second-order valence-corrected chi connectivity index (χ2v) is 12.9. The van der Waals surface area contributed by atoms with Crippen molar-refractivity contribution in [2.75, 3.05) is 47.0 Å². The zero-order valence-electron chi connectivity index (χ0n) is 27.3. The number of thiophene rings is 1. The fourth-order valence-electron chi connectivity index (χ4n) is 5.91. The SMILES string of the molecule is C=CC(=O)NC(C)c1cc(-c2nc(-c3ccc(C(=O)NCC4CN(C)C4)cc3)c3ccsc3c2-c2c(F)cc(F)cc2OCCOC)n[nH]1. The molecule has 49 heavy (non-hydrogen) atoms. The number of hydrogen-bond donors (Lipinski definition) is 3. The number of nitrogens with zero attached hydrogens (tertiary/aromatic N) is 3. The summed E-state index contributed by atoms with van der Waals surface area (Å²) in [6.07, 6.45) is 1.18. The van der Waals surface area contributed by atoms with Crippen molar-refractivity contribution in [3.8, 4) is 39.5 Å². The number of halogens is 2. The molecular formula is C36H36F2N6O4S. The molecule has 4 heterocycles. The average Bonchev–Trinajstić information content (AvgIpc) is 3.77. The van der Waals surface area contributed by atoms with Crippen LogP contribution in [0.3, 0.4) is 0 Å². The summed E-state index contributed by atoms with van der Waals surface area (Å²) in [7, 11) is 3.56. The van der Waals surface area contributed by atoms with Crippen LogP contribution in [-0.2, 0) is 9.53 Å². The molecule has 1 unspecified atom stereocenters. The van der Waals surface area contributed by atoms with Gasteiger partial charge in [-0.25, -0.2) is 13.8 Å². The van der Waals surface area contributed by atoms with E-state index in [1.165, 1.54) is 24.5 Å². The van der Waals surface area contributed by atoms with Crippen LogP contribution >= 0.6 is 11.3 Å². The summed E-state index contributed by atoms with van der Waals surface area (Å²) in [6.45, 7) is 8.09. The summed E-state index contributed by atoms with van der Waals surface area (Å²) in [4.78, 5) is 32.2. The number of fused-ring (bicyclic) bond motifs is 1. The highest BCUT2D eigenvalue weighted by Crippen LogP contribution is 2.47. The Morgan fingerprint density at radius 2 is 1.90 bits per heavy atom. The van der Waals surface area contributed by atoms with Gasteiger partial charge >= 0.3 is 0 Å². The molecule has 0 radical (unpaired) electrons. The number of carbonyl (C=O) groups is 2. The molecule has 0 saturated carbocycles. The highest BCUT2D eigenvalue weighted by Gasteiger charge is 2.27. The number of methoxy groups -OCH3 is 1. The van der Waals surface area contributed by atoms with Crippen LogP contribution < -0.4 is 15.4 Å². The van der Waals surface area contributed by atoms with Gasteiger partial charge in [-0.05, 0) is 49.7 Å². The van der Waals surface area contributed by atoms with Crippen molar-refractivity contribution < 1.29 is 27.8 Å². The van der Waals surface area contributed by atoms with Gasteiger partial charge in [0.25, 0.3) is 5.91 Å². The van der Waals surface area contributed by atoms with Gasteiger partial charge in [-0.2, -0.15) is 5.10 Å². The van der Waals surface area contributed by atoms with Crippen molar-refractivity contribution in [1.82, 2.24) is 30.7 Å². The first kappa shape index (κ1) is 33.9. The predicted octanol–water partition coefficient (Wildman–Crippen LogP) is 5.98. The fourth-order valence-corrected chi connectivity index (χ4v) is 6.86. The van der Waals surface area contributed by atoms with Gasteiger partial charge < -0.3 is 25.0 Å². The third-order valence-electron chi connectivity index (χ3n) is 8.38. The Balaban J connectivity index is 1.46. The number of pyridine rings is 1. The maximum Gasteiger partial charge on any atom is 0.251 e. The van der Waals surface area contributed by atoms with Gasteiger partial charge in [0, 0.05) is 71.6 Å². The van der Waals surface area contributed by atoms with E-state index in [0.29, 0.717) is 51.1 Å². The van der Waals surface area contributed by atoms with Gasteiger partial charge in [0.15, 0.2) is 0 Å².